The fraction of sp³-hybridized carbons (Fsp3) is 0.261. The van der Waals surface area contributed by atoms with Crippen LogP contribution < -0.4 is 4.84 Å². The molecule has 33 heavy (non-hydrogen) atoms. The first-order valence-corrected chi connectivity index (χ1v) is 11.9. The van der Waals surface area contributed by atoms with E-state index in [1.165, 1.54) is 38.4 Å². The molecule has 2 N–H and O–H groups in total. The van der Waals surface area contributed by atoms with Crippen molar-refractivity contribution in [3.05, 3.63) is 65.1 Å². The number of nitrogens with one attached hydrogen (secondary N) is 1. The molecule has 0 bridgehead atoms. The highest BCUT2D eigenvalue weighted by Crippen LogP contribution is 2.39. The summed E-state index contributed by atoms with van der Waals surface area (Å²) in [5.74, 6) is -1.51. The summed E-state index contributed by atoms with van der Waals surface area (Å²) in [7, 11) is -0.783. The molecule has 0 fully saturated rings. The molecule has 0 spiro atoms. The first kappa shape index (κ1) is 24.9. The number of aromatic carboxylic acids is 1. The second kappa shape index (κ2) is 9.64. The topological polar surface area (TPSA) is 91.6 Å². The van der Waals surface area contributed by atoms with E-state index in [1.54, 1.807) is 36.6 Å². The zero-order valence-electron chi connectivity index (χ0n) is 18.7. The van der Waals surface area contributed by atoms with E-state index in [9.17, 15) is 22.7 Å². The number of halogens is 2. The minimum Gasteiger partial charge on any atom is -0.478 e. The summed E-state index contributed by atoms with van der Waals surface area (Å²) in [4.78, 5) is 14.1. The number of hydrogen-bond donors (Lipinski definition) is 2. The number of aromatic nitrogens is 1. The van der Waals surface area contributed by atoms with Crippen LogP contribution in [0.2, 0.25) is 0 Å². The first-order valence-electron chi connectivity index (χ1n) is 10.1. The SMILES string of the molecule is Cc1c(-c2c(C)n(C/C(F)=C/CNCl)c3ccc(C(=O)O)cc23)cccc1S(=O)(=O)N(C)C. The minimum atomic E-state index is -3.70. The molecule has 176 valence electrons. The number of carboxylic acids is 1. The molecule has 0 saturated heterocycles. The van der Waals surface area contributed by atoms with Gasteiger partial charge >= 0.3 is 5.97 Å². The highest BCUT2D eigenvalue weighted by atomic mass is 35.5. The van der Waals surface area contributed by atoms with Crippen molar-refractivity contribution >= 4 is 38.7 Å². The van der Waals surface area contributed by atoms with Gasteiger partial charge in [-0.05, 0) is 67.1 Å². The number of allylic oxidation sites excluding steroid dienone is 1. The molecule has 10 heteroatoms. The Kier molecular flexibility index (Phi) is 7.28. The van der Waals surface area contributed by atoms with Gasteiger partial charge in [-0.2, -0.15) is 0 Å². The van der Waals surface area contributed by atoms with Crippen LogP contribution in [0.1, 0.15) is 21.6 Å². The van der Waals surface area contributed by atoms with Crippen LogP contribution in [0.3, 0.4) is 0 Å². The molecule has 0 unspecified atom stereocenters. The van der Waals surface area contributed by atoms with E-state index < -0.39 is 21.8 Å². The molecule has 0 atom stereocenters. The van der Waals surface area contributed by atoms with Gasteiger partial charge in [-0.15, -0.1) is 0 Å². The van der Waals surface area contributed by atoms with Gasteiger partial charge < -0.3 is 9.67 Å². The van der Waals surface area contributed by atoms with Crippen LogP contribution in [0.25, 0.3) is 22.0 Å². The van der Waals surface area contributed by atoms with Gasteiger partial charge in [0.2, 0.25) is 10.0 Å². The second-order valence-electron chi connectivity index (χ2n) is 7.79. The molecule has 1 aromatic heterocycles. The van der Waals surface area contributed by atoms with Crippen LogP contribution >= 0.6 is 11.8 Å². The predicted octanol–water partition coefficient (Wildman–Crippen LogP) is 4.47. The van der Waals surface area contributed by atoms with E-state index >= 15 is 0 Å². The standard InChI is InChI=1S/C23H25ClFN3O4S/c1-14-18(6-5-7-21(14)33(31,32)27(3)4)22-15(2)28(13-17(25)10-11-26-24)20-9-8-16(23(29)30)12-19(20)22/h5-10,12,26H,11,13H2,1-4H3,(H,29,30)/b17-10-. The maximum absolute atomic E-state index is 14.6. The maximum atomic E-state index is 14.6. The number of sulfonamides is 1. The molecular formula is C23H25ClFN3O4S. The normalized spacial score (nSPS) is 12.6. The van der Waals surface area contributed by atoms with Crippen LogP contribution in [-0.2, 0) is 16.6 Å². The lowest BCUT2D eigenvalue weighted by Crippen LogP contribution is -2.23. The highest BCUT2D eigenvalue weighted by Gasteiger charge is 2.24. The van der Waals surface area contributed by atoms with Gasteiger partial charge in [0.1, 0.15) is 5.83 Å². The van der Waals surface area contributed by atoms with Crippen LogP contribution in [0, 0.1) is 13.8 Å². The zero-order chi connectivity index (χ0) is 24.5. The van der Waals surface area contributed by atoms with Crippen molar-refractivity contribution in [2.45, 2.75) is 25.3 Å². The Balaban J connectivity index is 2.35. The molecule has 0 aliphatic heterocycles. The molecule has 2 aromatic carbocycles. The lowest BCUT2D eigenvalue weighted by atomic mass is 9.97. The van der Waals surface area contributed by atoms with Crippen molar-refractivity contribution in [3.63, 3.8) is 0 Å². The summed E-state index contributed by atoms with van der Waals surface area (Å²) >= 11 is 5.42. The summed E-state index contributed by atoms with van der Waals surface area (Å²) < 4.78 is 43.1. The van der Waals surface area contributed by atoms with E-state index in [0.29, 0.717) is 33.3 Å². The van der Waals surface area contributed by atoms with E-state index in [1.807, 2.05) is 0 Å². The van der Waals surface area contributed by atoms with Crippen LogP contribution in [0.15, 0.2) is 53.2 Å². The van der Waals surface area contributed by atoms with Gasteiger partial charge in [0.05, 0.1) is 17.0 Å². The van der Waals surface area contributed by atoms with Crippen LogP contribution in [0.5, 0.6) is 0 Å². The fourth-order valence-corrected chi connectivity index (χ4v) is 5.10. The number of carbonyl (C=O) groups is 1. The lowest BCUT2D eigenvalue weighted by molar-refractivity contribution is 0.0697. The van der Waals surface area contributed by atoms with Crippen molar-refractivity contribution < 1.29 is 22.7 Å². The van der Waals surface area contributed by atoms with Gasteiger partial charge in [0.25, 0.3) is 0 Å². The Morgan fingerprint density at radius 1 is 1.24 bits per heavy atom. The number of benzene rings is 2. The monoisotopic (exact) mass is 493 g/mol. The van der Waals surface area contributed by atoms with Gasteiger partial charge in [-0.1, -0.05) is 12.1 Å². The van der Waals surface area contributed by atoms with Gasteiger partial charge in [-0.3, -0.25) is 0 Å². The molecule has 0 saturated carbocycles. The Morgan fingerprint density at radius 3 is 2.55 bits per heavy atom. The summed E-state index contributed by atoms with van der Waals surface area (Å²) in [5, 5.41) is 10.1. The molecule has 0 radical (unpaired) electrons. The minimum absolute atomic E-state index is 0.0813. The average molecular weight is 494 g/mol. The van der Waals surface area contributed by atoms with Crippen molar-refractivity contribution in [1.82, 2.24) is 13.7 Å². The third-order valence-corrected chi connectivity index (χ3v) is 7.71. The molecule has 7 nitrogen and oxygen atoms in total. The average Bonchev–Trinajstić information content (AvgIpc) is 3.02. The summed E-state index contributed by atoms with van der Waals surface area (Å²) in [6, 6.07) is 9.60. The van der Waals surface area contributed by atoms with Gasteiger partial charge in [0.15, 0.2) is 0 Å². The maximum Gasteiger partial charge on any atom is 0.335 e. The lowest BCUT2D eigenvalue weighted by Gasteiger charge is -2.16. The number of hydrogen-bond acceptors (Lipinski definition) is 4. The molecule has 3 rings (SSSR count). The summed E-state index contributed by atoms with van der Waals surface area (Å²) in [6.45, 7) is 3.57. The van der Waals surface area contributed by atoms with Crippen LogP contribution in [0.4, 0.5) is 4.39 Å². The van der Waals surface area contributed by atoms with Crippen LogP contribution in [-0.4, -0.2) is 49.0 Å². The van der Waals surface area contributed by atoms with Crippen molar-refractivity contribution in [3.8, 4) is 11.1 Å². The summed E-state index contributed by atoms with van der Waals surface area (Å²) in [6.07, 6.45) is 1.32. The van der Waals surface area contributed by atoms with E-state index in [2.05, 4.69) is 4.84 Å². The molecule has 1 heterocycles. The Hall–Kier alpha value is -2.72. The van der Waals surface area contributed by atoms with Crippen molar-refractivity contribution in [1.29, 1.82) is 0 Å². The molecular weight excluding hydrogens is 469 g/mol. The van der Waals surface area contributed by atoms with Crippen molar-refractivity contribution in [2.24, 2.45) is 0 Å². The Bertz CT molecular complexity index is 1360. The number of nitrogens with zero attached hydrogens (tertiary/aromatic N) is 2. The fourth-order valence-electron chi connectivity index (χ4n) is 3.89. The zero-order valence-corrected chi connectivity index (χ0v) is 20.3. The predicted molar refractivity (Wildman–Crippen MR) is 128 cm³/mol. The molecule has 0 aliphatic rings. The number of fused-ring (bicyclic) bond motifs is 1. The highest BCUT2D eigenvalue weighted by molar-refractivity contribution is 7.89. The van der Waals surface area contributed by atoms with E-state index in [4.69, 9.17) is 11.8 Å². The second-order valence-corrected chi connectivity index (χ2v) is 10.2. The smallest absolute Gasteiger partial charge is 0.335 e. The van der Waals surface area contributed by atoms with E-state index in [0.717, 1.165) is 4.31 Å². The quantitative estimate of drug-likeness (QED) is 0.452. The van der Waals surface area contributed by atoms with E-state index in [-0.39, 0.29) is 23.5 Å². The third-order valence-electron chi connectivity index (χ3n) is 5.59. The Morgan fingerprint density at radius 2 is 1.94 bits per heavy atom. The molecule has 3 aromatic rings. The number of carboxylic acid groups (broad SMARTS) is 1. The van der Waals surface area contributed by atoms with Gasteiger partial charge in [0, 0.05) is 42.8 Å². The molecule has 0 aliphatic carbocycles. The van der Waals surface area contributed by atoms with Gasteiger partial charge in [-0.25, -0.2) is 26.7 Å². The largest absolute Gasteiger partial charge is 0.478 e. The third kappa shape index (κ3) is 4.67. The first-order chi connectivity index (χ1) is 15.5. The number of rotatable bonds is 8. The molecule has 0 amide bonds. The Labute approximate surface area is 197 Å². The summed E-state index contributed by atoms with van der Waals surface area (Å²) in [5.41, 5.74) is 3.21. The van der Waals surface area contributed by atoms with Crippen molar-refractivity contribution in [2.75, 3.05) is 20.6 Å².